The molecule has 24 heavy (non-hydrogen) atoms. The number of carbonyl (C=O) groups is 1. The molecule has 0 fully saturated rings. The number of nitrogens with zero attached hydrogens (tertiary/aromatic N) is 1. The largest absolute Gasteiger partial charge is 0.324 e. The Kier molecular flexibility index (Phi) is 4.29. The van der Waals surface area contributed by atoms with Gasteiger partial charge in [-0.15, -0.1) is 0 Å². The average molecular weight is 339 g/mol. The van der Waals surface area contributed by atoms with Crippen LogP contribution >= 0.6 is 11.6 Å². The molecule has 0 atom stereocenters. The van der Waals surface area contributed by atoms with Gasteiger partial charge in [0.15, 0.2) is 0 Å². The highest BCUT2D eigenvalue weighted by molar-refractivity contribution is 6.30. The first-order valence-electron chi connectivity index (χ1n) is 7.81. The summed E-state index contributed by atoms with van der Waals surface area (Å²) in [6.45, 7) is 5.67. The normalized spacial score (nSPS) is 11.5. The number of rotatable bonds is 2. The number of hydrogen-bond donors (Lipinski definition) is 1. The SMILES string of the molecule is CC(C)(C)C(=O)Nc1ccc(-c2ccc(Cl)cc2)c2cccnc12. The lowest BCUT2D eigenvalue weighted by molar-refractivity contribution is -0.123. The Labute approximate surface area is 146 Å². The molecule has 0 spiro atoms. The highest BCUT2D eigenvalue weighted by Gasteiger charge is 2.22. The first kappa shape index (κ1) is 16.5. The third kappa shape index (κ3) is 3.26. The fourth-order valence-corrected chi connectivity index (χ4v) is 2.59. The number of anilines is 1. The molecule has 0 saturated heterocycles. The molecule has 2 aromatic carbocycles. The number of carbonyl (C=O) groups excluding carboxylic acids is 1. The third-order valence-corrected chi connectivity index (χ3v) is 4.11. The van der Waals surface area contributed by atoms with Crippen LogP contribution < -0.4 is 5.32 Å². The number of hydrogen-bond acceptors (Lipinski definition) is 2. The van der Waals surface area contributed by atoms with Crippen molar-refractivity contribution in [2.75, 3.05) is 5.32 Å². The quantitative estimate of drug-likeness (QED) is 0.666. The van der Waals surface area contributed by atoms with Gasteiger partial charge in [-0.25, -0.2) is 0 Å². The topological polar surface area (TPSA) is 42.0 Å². The highest BCUT2D eigenvalue weighted by Crippen LogP contribution is 2.33. The Bertz CT molecular complexity index is 896. The molecule has 0 radical (unpaired) electrons. The summed E-state index contributed by atoms with van der Waals surface area (Å²) in [7, 11) is 0. The maximum absolute atomic E-state index is 12.3. The summed E-state index contributed by atoms with van der Waals surface area (Å²) in [6.07, 6.45) is 1.74. The van der Waals surface area contributed by atoms with Gasteiger partial charge in [-0.3, -0.25) is 9.78 Å². The molecule has 1 heterocycles. The summed E-state index contributed by atoms with van der Waals surface area (Å²) in [5.41, 5.74) is 3.16. The molecule has 0 unspecified atom stereocenters. The average Bonchev–Trinajstić information content (AvgIpc) is 2.55. The van der Waals surface area contributed by atoms with Gasteiger partial charge in [-0.05, 0) is 35.4 Å². The molecule has 0 aliphatic carbocycles. The Balaban J connectivity index is 2.11. The summed E-state index contributed by atoms with van der Waals surface area (Å²) < 4.78 is 0. The van der Waals surface area contributed by atoms with Crippen molar-refractivity contribution >= 4 is 34.1 Å². The first-order valence-corrected chi connectivity index (χ1v) is 8.19. The number of nitrogens with one attached hydrogen (secondary N) is 1. The van der Waals surface area contributed by atoms with E-state index in [4.69, 9.17) is 11.6 Å². The number of aromatic nitrogens is 1. The molecule has 3 aromatic rings. The molecule has 1 aromatic heterocycles. The minimum atomic E-state index is -0.462. The van der Waals surface area contributed by atoms with E-state index in [9.17, 15) is 4.79 Å². The van der Waals surface area contributed by atoms with Crippen LogP contribution in [0.15, 0.2) is 54.7 Å². The lowest BCUT2D eigenvalue weighted by Crippen LogP contribution is -2.27. The van der Waals surface area contributed by atoms with Gasteiger partial charge in [0.25, 0.3) is 0 Å². The first-order chi connectivity index (χ1) is 11.4. The van der Waals surface area contributed by atoms with Gasteiger partial charge in [0.1, 0.15) is 0 Å². The predicted molar refractivity (Wildman–Crippen MR) is 100 cm³/mol. The van der Waals surface area contributed by atoms with E-state index in [0.717, 1.165) is 27.7 Å². The standard InChI is InChI=1S/C20H19ClN2O/c1-20(2,3)19(24)23-17-11-10-15(13-6-8-14(21)9-7-13)16-5-4-12-22-18(16)17/h4-12H,1-3H3,(H,23,24). The number of amides is 1. The molecular weight excluding hydrogens is 320 g/mol. The van der Waals surface area contributed by atoms with Crippen molar-refractivity contribution < 1.29 is 4.79 Å². The second-order valence-electron chi connectivity index (χ2n) is 6.77. The van der Waals surface area contributed by atoms with E-state index in [0.29, 0.717) is 5.02 Å². The van der Waals surface area contributed by atoms with Crippen LogP contribution in [0, 0.1) is 5.41 Å². The molecule has 0 aliphatic heterocycles. The molecule has 1 amide bonds. The summed E-state index contributed by atoms with van der Waals surface area (Å²) in [6, 6.07) is 15.5. The number of pyridine rings is 1. The number of halogens is 1. The number of fused-ring (bicyclic) bond motifs is 1. The van der Waals surface area contributed by atoms with Gasteiger partial charge in [0, 0.05) is 22.0 Å². The molecule has 122 valence electrons. The molecule has 4 heteroatoms. The lowest BCUT2D eigenvalue weighted by atomic mass is 9.95. The molecule has 0 saturated carbocycles. The second-order valence-corrected chi connectivity index (χ2v) is 7.21. The lowest BCUT2D eigenvalue weighted by Gasteiger charge is -2.19. The van der Waals surface area contributed by atoms with E-state index in [1.165, 1.54) is 0 Å². The Hall–Kier alpha value is -2.39. The minimum Gasteiger partial charge on any atom is -0.324 e. The molecule has 3 nitrogen and oxygen atoms in total. The van der Waals surface area contributed by atoms with Gasteiger partial charge in [-0.1, -0.05) is 56.6 Å². The van der Waals surface area contributed by atoms with E-state index in [1.54, 1.807) is 6.20 Å². The summed E-state index contributed by atoms with van der Waals surface area (Å²) in [4.78, 5) is 16.8. The van der Waals surface area contributed by atoms with E-state index in [2.05, 4.69) is 10.3 Å². The Morgan fingerprint density at radius 3 is 2.42 bits per heavy atom. The summed E-state index contributed by atoms with van der Waals surface area (Å²) in [5, 5.41) is 4.69. The van der Waals surface area contributed by atoms with Crippen LogP contribution in [-0.2, 0) is 4.79 Å². The van der Waals surface area contributed by atoms with Crippen LogP contribution in [0.3, 0.4) is 0 Å². The van der Waals surface area contributed by atoms with E-state index >= 15 is 0 Å². The van der Waals surface area contributed by atoms with Gasteiger partial charge in [0.2, 0.25) is 5.91 Å². The van der Waals surface area contributed by atoms with Gasteiger partial charge in [-0.2, -0.15) is 0 Å². The fourth-order valence-electron chi connectivity index (χ4n) is 2.46. The van der Waals surface area contributed by atoms with E-state index < -0.39 is 5.41 Å². The maximum atomic E-state index is 12.3. The zero-order valence-electron chi connectivity index (χ0n) is 13.9. The van der Waals surface area contributed by atoms with Crippen molar-refractivity contribution in [3.8, 4) is 11.1 Å². The molecule has 0 aliphatic rings. The minimum absolute atomic E-state index is 0.0336. The van der Waals surface area contributed by atoms with Crippen LogP contribution in [0.25, 0.3) is 22.0 Å². The number of benzene rings is 2. The van der Waals surface area contributed by atoms with E-state index in [1.807, 2.05) is 69.3 Å². The fraction of sp³-hybridized carbons (Fsp3) is 0.200. The van der Waals surface area contributed by atoms with Crippen molar-refractivity contribution in [2.24, 2.45) is 5.41 Å². The van der Waals surface area contributed by atoms with Crippen LogP contribution in [0.5, 0.6) is 0 Å². The van der Waals surface area contributed by atoms with Gasteiger partial charge >= 0.3 is 0 Å². The van der Waals surface area contributed by atoms with Crippen LogP contribution in [-0.4, -0.2) is 10.9 Å². The Morgan fingerprint density at radius 1 is 1.04 bits per heavy atom. The van der Waals surface area contributed by atoms with Gasteiger partial charge < -0.3 is 5.32 Å². The van der Waals surface area contributed by atoms with Crippen LogP contribution in [0.4, 0.5) is 5.69 Å². The maximum Gasteiger partial charge on any atom is 0.229 e. The zero-order valence-corrected chi connectivity index (χ0v) is 14.7. The molecule has 1 N–H and O–H groups in total. The molecular formula is C20H19ClN2O. The third-order valence-electron chi connectivity index (χ3n) is 3.85. The molecule has 0 bridgehead atoms. The highest BCUT2D eigenvalue weighted by atomic mass is 35.5. The van der Waals surface area contributed by atoms with Gasteiger partial charge in [0.05, 0.1) is 11.2 Å². The zero-order chi connectivity index (χ0) is 17.3. The van der Waals surface area contributed by atoms with E-state index in [-0.39, 0.29) is 5.91 Å². The van der Waals surface area contributed by atoms with Crippen molar-refractivity contribution in [2.45, 2.75) is 20.8 Å². The smallest absolute Gasteiger partial charge is 0.229 e. The van der Waals surface area contributed by atoms with Crippen molar-refractivity contribution in [1.29, 1.82) is 0 Å². The van der Waals surface area contributed by atoms with Crippen LogP contribution in [0.1, 0.15) is 20.8 Å². The van der Waals surface area contributed by atoms with Crippen molar-refractivity contribution in [3.05, 3.63) is 59.8 Å². The monoisotopic (exact) mass is 338 g/mol. The Morgan fingerprint density at radius 2 is 1.75 bits per heavy atom. The summed E-state index contributed by atoms with van der Waals surface area (Å²) in [5.74, 6) is -0.0336. The van der Waals surface area contributed by atoms with Crippen molar-refractivity contribution in [3.63, 3.8) is 0 Å². The predicted octanol–water partition coefficient (Wildman–Crippen LogP) is 5.54. The van der Waals surface area contributed by atoms with Crippen LogP contribution in [0.2, 0.25) is 5.02 Å². The second kappa shape index (κ2) is 6.25. The van der Waals surface area contributed by atoms with Crippen molar-refractivity contribution in [1.82, 2.24) is 4.98 Å². The molecule has 3 rings (SSSR count). The summed E-state index contributed by atoms with van der Waals surface area (Å²) >= 11 is 5.98.